The third-order valence-electron chi connectivity index (χ3n) is 6.13. The van der Waals surface area contributed by atoms with Gasteiger partial charge in [-0.1, -0.05) is 0 Å². The van der Waals surface area contributed by atoms with Crippen molar-refractivity contribution in [2.45, 2.75) is 50.4 Å². The van der Waals surface area contributed by atoms with Gasteiger partial charge in [-0.3, -0.25) is 14.4 Å². The second kappa shape index (κ2) is 8.26. The quantitative estimate of drug-likeness (QED) is 0.811. The van der Waals surface area contributed by atoms with E-state index in [9.17, 15) is 14.4 Å². The van der Waals surface area contributed by atoms with Crippen molar-refractivity contribution in [3.8, 4) is 5.75 Å². The van der Waals surface area contributed by atoms with Gasteiger partial charge in [0.1, 0.15) is 18.5 Å². The molecule has 1 saturated heterocycles. The van der Waals surface area contributed by atoms with Crippen LogP contribution in [0.1, 0.15) is 42.5 Å². The van der Waals surface area contributed by atoms with E-state index in [4.69, 9.17) is 9.47 Å². The first-order valence-electron chi connectivity index (χ1n) is 10.5. The minimum atomic E-state index is -0.296. The summed E-state index contributed by atoms with van der Waals surface area (Å²) < 4.78 is 12.1. The van der Waals surface area contributed by atoms with Gasteiger partial charge in [0.2, 0.25) is 11.8 Å². The summed E-state index contributed by atoms with van der Waals surface area (Å²) in [7, 11) is 5.24. The van der Waals surface area contributed by atoms with Gasteiger partial charge in [0.15, 0.2) is 0 Å². The molecular formula is C22H29N3O5. The number of benzene rings is 1. The Hall–Kier alpha value is -2.61. The fourth-order valence-corrected chi connectivity index (χ4v) is 4.07. The predicted octanol–water partition coefficient (Wildman–Crippen LogP) is 1.89. The number of anilines is 1. The summed E-state index contributed by atoms with van der Waals surface area (Å²) in [5, 5.41) is 2.89. The number of ether oxygens (including phenoxy) is 2. The maximum atomic E-state index is 13.2. The van der Waals surface area contributed by atoms with Crippen molar-refractivity contribution in [1.82, 2.24) is 9.80 Å². The maximum Gasteiger partial charge on any atom is 0.257 e. The van der Waals surface area contributed by atoms with Gasteiger partial charge >= 0.3 is 0 Å². The van der Waals surface area contributed by atoms with Gasteiger partial charge in [-0.15, -0.1) is 0 Å². The van der Waals surface area contributed by atoms with Crippen molar-refractivity contribution in [2.75, 3.05) is 33.1 Å². The van der Waals surface area contributed by atoms with E-state index in [2.05, 4.69) is 5.32 Å². The highest BCUT2D eigenvalue weighted by Gasteiger charge is 2.39. The van der Waals surface area contributed by atoms with Crippen LogP contribution in [0.2, 0.25) is 0 Å². The molecule has 2 aliphatic heterocycles. The molecule has 0 spiro atoms. The lowest BCUT2D eigenvalue weighted by Gasteiger charge is -2.42. The lowest BCUT2D eigenvalue weighted by atomic mass is 9.94. The van der Waals surface area contributed by atoms with Gasteiger partial charge in [0.25, 0.3) is 5.91 Å². The lowest BCUT2D eigenvalue weighted by Crippen LogP contribution is -2.53. The molecule has 3 aliphatic rings. The first kappa shape index (κ1) is 20.7. The van der Waals surface area contributed by atoms with Crippen LogP contribution in [0, 0.1) is 5.92 Å². The van der Waals surface area contributed by atoms with Crippen LogP contribution in [0.3, 0.4) is 0 Å². The Morgan fingerprint density at radius 2 is 1.97 bits per heavy atom. The Balaban J connectivity index is 1.49. The smallest absolute Gasteiger partial charge is 0.257 e. The number of rotatable bonds is 4. The van der Waals surface area contributed by atoms with Crippen LogP contribution in [-0.2, 0) is 14.3 Å². The molecule has 0 radical (unpaired) electrons. The minimum absolute atomic E-state index is 0.00146. The van der Waals surface area contributed by atoms with Gasteiger partial charge in [0.05, 0.1) is 24.1 Å². The van der Waals surface area contributed by atoms with Gasteiger partial charge in [-0.05, 0) is 43.9 Å². The molecule has 3 atom stereocenters. The second-order valence-corrected chi connectivity index (χ2v) is 8.64. The highest BCUT2D eigenvalue weighted by atomic mass is 16.5. The zero-order chi connectivity index (χ0) is 21.4. The van der Waals surface area contributed by atoms with Crippen LogP contribution in [0.5, 0.6) is 5.75 Å². The van der Waals surface area contributed by atoms with E-state index in [-0.39, 0.29) is 41.9 Å². The Bertz CT molecular complexity index is 851. The van der Waals surface area contributed by atoms with Crippen molar-refractivity contribution in [2.24, 2.45) is 5.92 Å². The standard InChI is InChI=1S/C22H29N3O5/c1-24(2)20(26)11-15-7-8-17-19(30-15)12-29-18-9-6-14(23-21(27)13-4-5-13)10-16(18)22(28)25(17)3/h6,9-10,13,15,17,19H,4-5,7-8,11-12H2,1-3H3,(H,23,27)/t15-,17-,19-/m1/s1. The number of nitrogens with zero attached hydrogens (tertiary/aromatic N) is 2. The van der Waals surface area contributed by atoms with Gasteiger partial charge in [-0.25, -0.2) is 0 Å². The average Bonchev–Trinajstić information content (AvgIpc) is 3.56. The van der Waals surface area contributed by atoms with Gasteiger partial charge in [0, 0.05) is 32.7 Å². The number of amides is 3. The molecule has 30 heavy (non-hydrogen) atoms. The minimum Gasteiger partial charge on any atom is -0.490 e. The van der Waals surface area contributed by atoms with E-state index in [1.54, 1.807) is 49.1 Å². The predicted molar refractivity (Wildman–Crippen MR) is 110 cm³/mol. The van der Waals surface area contributed by atoms with Crippen LogP contribution in [-0.4, -0.2) is 73.5 Å². The Morgan fingerprint density at radius 1 is 1.20 bits per heavy atom. The number of nitrogens with one attached hydrogen (secondary N) is 1. The van der Waals surface area contributed by atoms with Crippen molar-refractivity contribution in [3.63, 3.8) is 0 Å². The number of hydrogen-bond donors (Lipinski definition) is 1. The molecule has 2 fully saturated rings. The normalized spacial score (nSPS) is 25.9. The Morgan fingerprint density at radius 3 is 2.67 bits per heavy atom. The van der Waals surface area contributed by atoms with E-state index in [0.717, 1.165) is 19.3 Å². The molecule has 1 N–H and O–H groups in total. The van der Waals surface area contributed by atoms with Crippen LogP contribution in [0.4, 0.5) is 5.69 Å². The molecule has 1 aromatic carbocycles. The molecular weight excluding hydrogens is 386 g/mol. The molecule has 0 unspecified atom stereocenters. The molecule has 1 aliphatic carbocycles. The first-order chi connectivity index (χ1) is 14.3. The van der Waals surface area contributed by atoms with E-state index in [1.807, 2.05) is 0 Å². The van der Waals surface area contributed by atoms with Crippen molar-refractivity contribution >= 4 is 23.4 Å². The summed E-state index contributed by atoms with van der Waals surface area (Å²) in [6.45, 7) is 0.301. The molecule has 3 amide bonds. The zero-order valence-corrected chi connectivity index (χ0v) is 17.7. The van der Waals surface area contributed by atoms with E-state index >= 15 is 0 Å². The highest BCUT2D eigenvalue weighted by molar-refractivity contribution is 6.00. The molecule has 0 bridgehead atoms. The molecule has 8 nitrogen and oxygen atoms in total. The van der Waals surface area contributed by atoms with E-state index < -0.39 is 0 Å². The molecule has 1 saturated carbocycles. The molecule has 2 heterocycles. The molecule has 162 valence electrons. The average molecular weight is 415 g/mol. The summed E-state index contributed by atoms with van der Waals surface area (Å²) in [6.07, 6.45) is 3.16. The summed E-state index contributed by atoms with van der Waals surface area (Å²) >= 11 is 0. The first-order valence-corrected chi connectivity index (χ1v) is 10.5. The van der Waals surface area contributed by atoms with Crippen LogP contribution in [0.25, 0.3) is 0 Å². The summed E-state index contributed by atoms with van der Waals surface area (Å²) in [5.74, 6) is 0.440. The number of hydrogen-bond acceptors (Lipinski definition) is 5. The zero-order valence-electron chi connectivity index (χ0n) is 17.7. The molecule has 8 heteroatoms. The van der Waals surface area contributed by atoms with Crippen molar-refractivity contribution in [3.05, 3.63) is 23.8 Å². The molecule has 1 aromatic rings. The second-order valence-electron chi connectivity index (χ2n) is 8.64. The monoisotopic (exact) mass is 415 g/mol. The summed E-state index contributed by atoms with van der Waals surface area (Å²) in [5.41, 5.74) is 1.05. The third kappa shape index (κ3) is 4.28. The highest BCUT2D eigenvalue weighted by Crippen LogP contribution is 2.34. The van der Waals surface area contributed by atoms with Crippen LogP contribution in [0.15, 0.2) is 18.2 Å². The fraction of sp³-hybridized carbons (Fsp3) is 0.591. The summed E-state index contributed by atoms with van der Waals surface area (Å²) in [6, 6.07) is 5.05. The van der Waals surface area contributed by atoms with E-state index in [0.29, 0.717) is 36.4 Å². The third-order valence-corrected chi connectivity index (χ3v) is 6.13. The number of carbonyl (C=O) groups excluding carboxylic acids is 3. The van der Waals surface area contributed by atoms with Crippen LogP contribution < -0.4 is 10.1 Å². The Kier molecular flexibility index (Phi) is 5.69. The molecule has 4 rings (SSSR count). The fourth-order valence-electron chi connectivity index (χ4n) is 4.07. The molecule has 0 aromatic heterocycles. The number of fused-ring (bicyclic) bond motifs is 2. The summed E-state index contributed by atoms with van der Waals surface area (Å²) in [4.78, 5) is 40.6. The maximum absolute atomic E-state index is 13.2. The van der Waals surface area contributed by atoms with E-state index in [1.165, 1.54) is 0 Å². The lowest BCUT2D eigenvalue weighted by molar-refractivity contribution is -0.140. The SMILES string of the molecule is CN(C)C(=O)C[C@H]1CC[C@@H]2[C@@H](COc3ccc(NC(=O)C4CC4)cc3C(=O)N2C)O1. The van der Waals surface area contributed by atoms with Crippen molar-refractivity contribution < 1.29 is 23.9 Å². The number of carbonyl (C=O) groups is 3. The topological polar surface area (TPSA) is 88.2 Å². The Labute approximate surface area is 176 Å². The van der Waals surface area contributed by atoms with Gasteiger partial charge < -0.3 is 24.6 Å². The van der Waals surface area contributed by atoms with Crippen molar-refractivity contribution in [1.29, 1.82) is 0 Å². The largest absolute Gasteiger partial charge is 0.490 e. The number of likely N-dealkylation sites (N-methyl/N-ethyl adjacent to an activating group) is 1. The van der Waals surface area contributed by atoms with Crippen LogP contribution >= 0.6 is 0 Å². The van der Waals surface area contributed by atoms with Gasteiger partial charge in [-0.2, -0.15) is 0 Å².